The Hall–Kier alpha value is -2.48. The fraction of sp³-hybridized carbons (Fsp3) is 0.350. The molecule has 5 rings (SSSR count). The minimum Gasteiger partial charge on any atom is -0.359 e. The molecule has 1 saturated carbocycles. The van der Waals surface area contributed by atoms with Crippen LogP contribution in [-0.2, 0) is 6.42 Å². The highest BCUT2D eigenvalue weighted by Crippen LogP contribution is 2.45. The lowest BCUT2D eigenvalue weighted by Gasteiger charge is -2.16. The molecule has 2 aromatic heterocycles. The van der Waals surface area contributed by atoms with E-state index in [0.29, 0.717) is 16.7 Å². The van der Waals surface area contributed by atoms with Gasteiger partial charge in [0.1, 0.15) is 11.5 Å². The van der Waals surface area contributed by atoms with E-state index in [4.69, 9.17) is 11.6 Å². The standard InChI is InChI=1S/C20H17ClF4N4/c21-11-2-6-15-13(8-11)17(9-26-15)28-19-27-16-7-10(20(23,24)25)1-5-14(22)18(16)29(19)12-3-4-12/h2,5-6,8-10,12,26H,1,3-4,7H2,(H,27,28). The lowest BCUT2D eigenvalue weighted by atomic mass is 10.0. The van der Waals surface area contributed by atoms with Gasteiger partial charge in [0.05, 0.1) is 17.3 Å². The van der Waals surface area contributed by atoms with Crippen LogP contribution in [0.25, 0.3) is 16.7 Å². The Morgan fingerprint density at radius 1 is 1.24 bits per heavy atom. The van der Waals surface area contributed by atoms with Crippen molar-refractivity contribution in [3.8, 4) is 0 Å². The maximum Gasteiger partial charge on any atom is 0.392 e. The fourth-order valence-electron chi connectivity index (χ4n) is 3.88. The number of H-pyrrole nitrogens is 1. The lowest BCUT2D eigenvalue weighted by Crippen LogP contribution is -2.24. The number of imidazole rings is 1. The molecule has 1 fully saturated rings. The first-order valence-electron chi connectivity index (χ1n) is 9.39. The average Bonchev–Trinajstić information content (AvgIpc) is 3.36. The van der Waals surface area contributed by atoms with E-state index in [1.807, 2.05) is 6.07 Å². The summed E-state index contributed by atoms with van der Waals surface area (Å²) in [5.41, 5.74) is 1.85. The van der Waals surface area contributed by atoms with E-state index in [9.17, 15) is 17.6 Å². The number of aromatic amines is 1. The monoisotopic (exact) mass is 424 g/mol. The molecular weight excluding hydrogens is 408 g/mol. The predicted octanol–water partition coefficient (Wildman–Crippen LogP) is 6.53. The van der Waals surface area contributed by atoms with Gasteiger partial charge in [-0.05, 0) is 43.5 Å². The number of fused-ring (bicyclic) bond motifs is 2. The third kappa shape index (κ3) is 3.29. The van der Waals surface area contributed by atoms with Crippen molar-refractivity contribution >= 4 is 40.0 Å². The highest BCUT2D eigenvalue weighted by Gasteiger charge is 2.42. The second-order valence-corrected chi connectivity index (χ2v) is 8.02. The van der Waals surface area contributed by atoms with E-state index in [2.05, 4.69) is 15.3 Å². The molecule has 2 aliphatic carbocycles. The zero-order chi connectivity index (χ0) is 20.3. The van der Waals surface area contributed by atoms with E-state index in [1.54, 1.807) is 22.9 Å². The van der Waals surface area contributed by atoms with Gasteiger partial charge in [0, 0.05) is 34.6 Å². The largest absolute Gasteiger partial charge is 0.392 e. The van der Waals surface area contributed by atoms with Gasteiger partial charge < -0.3 is 14.9 Å². The maximum absolute atomic E-state index is 14.8. The zero-order valence-corrected chi connectivity index (χ0v) is 15.9. The summed E-state index contributed by atoms with van der Waals surface area (Å²) >= 11 is 6.09. The summed E-state index contributed by atoms with van der Waals surface area (Å²) in [6, 6.07) is 5.41. The van der Waals surface area contributed by atoms with Crippen LogP contribution in [0.5, 0.6) is 0 Å². The van der Waals surface area contributed by atoms with Gasteiger partial charge in [-0.3, -0.25) is 0 Å². The molecule has 0 radical (unpaired) electrons. The molecule has 9 heteroatoms. The normalized spacial score (nSPS) is 19.8. The van der Waals surface area contributed by atoms with Gasteiger partial charge in [-0.15, -0.1) is 0 Å². The average molecular weight is 425 g/mol. The quantitative estimate of drug-likeness (QED) is 0.469. The van der Waals surface area contributed by atoms with Crippen LogP contribution in [0, 0.1) is 5.92 Å². The van der Waals surface area contributed by atoms with Crippen LogP contribution in [0.3, 0.4) is 0 Å². The molecule has 29 heavy (non-hydrogen) atoms. The van der Waals surface area contributed by atoms with E-state index in [1.165, 1.54) is 0 Å². The topological polar surface area (TPSA) is 45.6 Å². The number of hydrogen-bond donors (Lipinski definition) is 2. The summed E-state index contributed by atoms with van der Waals surface area (Å²) in [5.74, 6) is -1.93. The van der Waals surface area contributed by atoms with Gasteiger partial charge in [0.25, 0.3) is 0 Å². The van der Waals surface area contributed by atoms with Crippen molar-refractivity contribution in [3.05, 3.63) is 46.9 Å². The van der Waals surface area contributed by atoms with Crippen LogP contribution in [0.4, 0.5) is 29.2 Å². The van der Waals surface area contributed by atoms with Gasteiger partial charge in [-0.1, -0.05) is 11.6 Å². The molecule has 1 aromatic carbocycles. The summed E-state index contributed by atoms with van der Waals surface area (Å²) in [7, 11) is 0. The number of anilines is 2. The summed E-state index contributed by atoms with van der Waals surface area (Å²) < 4.78 is 56.5. The SMILES string of the molecule is FC1=CCC(C(F)(F)F)Cc2nc(Nc3c[nH]c4ccc(Cl)cc34)n(C3CC3)c21. The Bertz CT molecular complexity index is 1120. The third-order valence-corrected chi connectivity index (χ3v) is 5.73. The molecule has 0 spiro atoms. The first-order valence-corrected chi connectivity index (χ1v) is 9.76. The molecule has 0 amide bonds. The highest BCUT2D eigenvalue weighted by atomic mass is 35.5. The highest BCUT2D eigenvalue weighted by molar-refractivity contribution is 6.31. The zero-order valence-electron chi connectivity index (χ0n) is 15.2. The molecule has 2 heterocycles. The van der Waals surface area contributed by atoms with Gasteiger partial charge in [-0.2, -0.15) is 13.2 Å². The number of aromatic nitrogens is 3. The van der Waals surface area contributed by atoms with Crippen LogP contribution in [0.2, 0.25) is 5.02 Å². The van der Waals surface area contributed by atoms with E-state index < -0.39 is 17.9 Å². The third-order valence-electron chi connectivity index (χ3n) is 5.50. The van der Waals surface area contributed by atoms with Crippen molar-refractivity contribution in [3.63, 3.8) is 0 Å². The molecule has 2 aliphatic rings. The summed E-state index contributed by atoms with van der Waals surface area (Å²) in [4.78, 5) is 7.53. The predicted molar refractivity (Wildman–Crippen MR) is 104 cm³/mol. The first-order chi connectivity index (χ1) is 13.8. The second kappa shape index (κ2) is 6.52. The van der Waals surface area contributed by atoms with Crippen molar-refractivity contribution in [1.29, 1.82) is 0 Å². The summed E-state index contributed by atoms with van der Waals surface area (Å²) in [5, 5.41) is 4.56. The molecule has 0 bridgehead atoms. The second-order valence-electron chi connectivity index (χ2n) is 7.58. The maximum atomic E-state index is 14.8. The van der Waals surface area contributed by atoms with Crippen molar-refractivity contribution in [1.82, 2.24) is 14.5 Å². The molecule has 0 aliphatic heterocycles. The van der Waals surface area contributed by atoms with E-state index >= 15 is 0 Å². The molecule has 2 N–H and O–H groups in total. The Morgan fingerprint density at radius 2 is 2.03 bits per heavy atom. The Kier molecular flexibility index (Phi) is 4.17. The van der Waals surface area contributed by atoms with Crippen molar-refractivity contribution in [2.75, 3.05) is 5.32 Å². The number of benzene rings is 1. The number of allylic oxidation sites excluding steroid dienone is 1. The molecule has 4 nitrogen and oxygen atoms in total. The Morgan fingerprint density at radius 3 is 2.76 bits per heavy atom. The number of nitrogens with one attached hydrogen (secondary N) is 2. The van der Waals surface area contributed by atoms with Crippen LogP contribution < -0.4 is 5.32 Å². The molecule has 1 atom stereocenters. The van der Waals surface area contributed by atoms with Crippen LogP contribution in [0.1, 0.15) is 36.7 Å². The minimum absolute atomic E-state index is 0.0316. The fourth-order valence-corrected chi connectivity index (χ4v) is 4.05. The van der Waals surface area contributed by atoms with Crippen molar-refractivity contribution < 1.29 is 17.6 Å². The Balaban J connectivity index is 1.59. The van der Waals surface area contributed by atoms with E-state index in [0.717, 1.165) is 29.8 Å². The number of halogens is 5. The molecule has 3 aromatic rings. The molecule has 1 unspecified atom stereocenters. The lowest BCUT2D eigenvalue weighted by molar-refractivity contribution is -0.173. The van der Waals surface area contributed by atoms with Crippen LogP contribution in [-0.4, -0.2) is 20.7 Å². The number of nitrogens with zero attached hydrogens (tertiary/aromatic N) is 2. The molecule has 152 valence electrons. The minimum atomic E-state index is -4.40. The molecule has 0 saturated heterocycles. The van der Waals surface area contributed by atoms with E-state index in [-0.39, 0.29) is 30.3 Å². The number of alkyl halides is 3. The van der Waals surface area contributed by atoms with Gasteiger partial charge in [0.15, 0.2) is 0 Å². The van der Waals surface area contributed by atoms with Crippen molar-refractivity contribution in [2.45, 2.75) is 37.9 Å². The number of hydrogen-bond acceptors (Lipinski definition) is 2. The first kappa shape index (κ1) is 18.5. The van der Waals surface area contributed by atoms with Crippen LogP contribution >= 0.6 is 11.6 Å². The van der Waals surface area contributed by atoms with Crippen LogP contribution in [0.15, 0.2) is 30.5 Å². The summed E-state index contributed by atoms with van der Waals surface area (Å²) in [6.45, 7) is 0. The Labute approximate surface area is 168 Å². The smallest absolute Gasteiger partial charge is 0.359 e. The number of rotatable bonds is 3. The van der Waals surface area contributed by atoms with Crippen molar-refractivity contribution in [2.24, 2.45) is 5.92 Å². The summed E-state index contributed by atoms with van der Waals surface area (Å²) in [6.07, 6.45) is -0.650. The van der Waals surface area contributed by atoms with Gasteiger partial charge in [0.2, 0.25) is 5.95 Å². The van der Waals surface area contributed by atoms with Gasteiger partial charge in [-0.25, -0.2) is 9.37 Å². The molecular formula is C20H17ClF4N4. The van der Waals surface area contributed by atoms with Gasteiger partial charge >= 0.3 is 6.18 Å².